The van der Waals surface area contributed by atoms with Crippen molar-refractivity contribution in [3.63, 3.8) is 0 Å². The predicted octanol–water partition coefficient (Wildman–Crippen LogP) is 7.36. The number of carbonyl (C=O) groups excluding carboxylic acids is 2. The van der Waals surface area contributed by atoms with Crippen LogP contribution in [0.3, 0.4) is 0 Å². The number of aryl methyl sites for hydroxylation is 1. The molecule has 7 nitrogen and oxygen atoms in total. The molecule has 2 amide bonds. The molecule has 0 aromatic heterocycles. The van der Waals surface area contributed by atoms with Crippen LogP contribution in [0.5, 0.6) is 0 Å². The monoisotopic (exact) mass is 679 g/mol. The van der Waals surface area contributed by atoms with E-state index in [0.717, 1.165) is 28.3 Å². The van der Waals surface area contributed by atoms with E-state index < -0.39 is 28.5 Å². The highest BCUT2D eigenvalue weighted by molar-refractivity contribution is 7.92. The summed E-state index contributed by atoms with van der Waals surface area (Å²) in [6.07, 6.45) is 1.88. The van der Waals surface area contributed by atoms with Crippen LogP contribution in [0.15, 0.2) is 102 Å². The van der Waals surface area contributed by atoms with E-state index >= 15 is 0 Å². The molecule has 46 heavy (non-hydrogen) atoms. The second kappa shape index (κ2) is 16.1. The third kappa shape index (κ3) is 8.69. The van der Waals surface area contributed by atoms with E-state index in [9.17, 15) is 18.0 Å². The van der Waals surface area contributed by atoms with Crippen LogP contribution >= 0.6 is 23.2 Å². The van der Waals surface area contributed by atoms with Crippen molar-refractivity contribution < 1.29 is 18.0 Å². The largest absolute Gasteiger partial charge is 0.354 e. The van der Waals surface area contributed by atoms with Crippen molar-refractivity contribution in [2.24, 2.45) is 0 Å². The molecule has 0 heterocycles. The third-order valence-corrected chi connectivity index (χ3v) is 10.3. The van der Waals surface area contributed by atoms with Gasteiger partial charge in [0.15, 0.2) is 0 Å². The molecule has 0 aliphatic carbocycles. The van der Waals surface area contributed by atoms with E-state index in [2.05, 4.69) is 5.32 Å². The van der Waals surface area contributed by atoms with Crippen LogP contribution in [0.25, 0.3) is 0 Å². The highest BCUT2D eigenvalue weighted by Gasteiger charge is 2.35. The number of nitrogens with zero attached hydrogens (tertiary/aromatic N) is 2. The molecule has 0 bridgehead atoms. The van der Waals surface area contributed by atoms with Crippen LogP contribution in [-0.2, 0) is 32.6 Å². The van der Waals surface area contributed by atoms with Gasteiger partial charge in [-0.2, -0.15) is 0 Å². The van der Waals surface area contributed by atoms with Crippen molar-refractivity contribution in [1.82, 2.24) is 10.2 Å². The number of hydrogen-bond acceptors (Lipinski definition) is 4. The zero-order valence-corrected chi connectivity index (χ0v) is 28.6. The first-order chi connectivity index (χ1) is 22.0. The SMILES string of the molecule is CCCCNC(=O)C(Cc1ccccc1)N(Cc1ccccc1Cl)C(=O)CN(c1cccc(Cl)c1C)S(=O)(=O)c1ccc(C)cc1. The summed E-state index contributed by atoms with van der Waals surface area (Å²) in [6, 6.07) is 27.0. The van der Waals surface area contributed by atoms with Gasteiger partial charge >= 0.3 is 0 Å². The fourth-order valence-electron chi connectivity index (χ4n) is 5.09. The molecule has 4 aromatic rings. The van der Waals surface area contributed by atoms with E-state index in [-0.39, 0.29) is 29.5 Å². The molecule has 1 atom stereocenters. The Morgan fingerprint density at radius 3 is 2.15 bits per heavy atom. The van der Waals surface area contributed by atoms with Crippen molar-refractivity contribution in [2.45, 2.75) is 57.5 Å². The Bertz CT molecular complexity index is 1750. The number of nitrogens with one attached hydrogen (secondary N) is 1. The summed E-state index contributed by atoms with van der Waals surface area (Å²) in [5.41, 5.74) is 3.15. The first-order valence-corrected chi connectivity index (χ1v) is 17.4. The van der Waals surface area contributed by atoms with Crippen LogP contribution in [0, 0.1) is 13.8 Å². The summed E-state index contributed by atoms with van der Waals surface area (Å²) in [7, 11) is -4.24. The number of sulfonamides is 1. The van der Waals surface area contributed by atoms with Crippen molar-refractivity contribution in [2.75, 3.05) is 17.4 Å². The number of hydrogen-bond donors (Lipinski definition) is 1. The van der Waals surface area contributed by atoms with Gasteiger partial charge in [-0.15, -0.1) is 0 Å². The molecule has 0 aliphatic rings. The number of benzene rings is 4. The van der Waals surface area contributed by atoms with Crippen molar-refractivity contribution in [1.29, 1.82) is 0 Å². The lowest BCUT2D eigenvalue weighted by Gasteiger charge is -2.34. The lowest BCUT2D eigenvalue weighted by atomic mass is 10.0. The fraction of sp³-hybridized carbons (Fsp3) is 0.278. The number of amides is 2. The zero-order chi connectivity index (χ0) is 33.3. The summed E-state index contributed by atoms with van der Waals surface area (Å²) in [5.74, 6) is -0.897. The average Bonchev–Trinajstić information content (AvgIpc) is 3.04. The minimum atomic E-state index is -4.24. The second-order valence-electron chi connectivity index (χ2n) is 11.2. The number of unbranched alkanes of at least 4 members (excludes halogenated alkanes) is 1. The Kier molecular flexibility index (Phi) is 12.3. The number of halogens is 2. The summed E-state index contributed by atoms with van der Waals surface area (Å²) < 4.78 is 29.6. The minimum Gasteiger partial charge on any atom is -0.354 e. The maximum atomic E-state index is 14.6. The Morgan fingerprint density at radius 1 is 0.826 bits per heavy atom. The Hall–Kier alpha value is -3.85. The van der Waals surface area contributed by atoms with Crippen molar-refractivity contribution in [3.8, 4) is 0 Å². The normalized spacial score (nSPS) is 11.9. The number of carbonyl (C=O) groups is 2. The highest BCUT2D eigenvalue weighted by Crippen LogP contribution is 2.32. The molecule has 0 spiro atoms. The van der Waals surface area contributed by atoms with Gasteiger partial charge in [0, 0.05) is 29.6 Å². The van der Waals surface area contributed by atoms with Gasteiger partial charge in [-0.25, -0.2) is 8.42 Å². The Labute approximate surface area is 282 Å². The number of rotatable bonds is 14. The molecule has 0 radical (unpaired) electrons. The van der Waals surface area contributed by atoms with Gasteiger partial charge in [-0.1, -0.05) is 109 Å². The molecule has 10 heteroatoms. The summed E-state index contributed by atoms with van der Waals surface area (Å²) in [6.45, 7) is 5.47. The van der Waals surface area contributed by atoms with Crippen molar-refractivity contribution >= 4 is 50.7 Å². The fourth-order valence-corrected chi connectivity index (χ4v) is 6.92. The Morgan fingerprint density at radius 2 is 1.48 bits per heavy atom. The molecular weight excluding hydrogens is 641 g/mol. The van der Waals surface area contributed by atoms with Gasteiger partial charge < -0.3 is 10.2 Å². The third-order valence-electron chi connectivity index (χ3n) is 7.79. The predicted molar refractivity (Wildman–Crippen MR) is 186 cm³/mol. The lowest BCUT2D eigenvalue weighted by molar-refractivity contribution is -0.140. The molecular formula is C36H39Cl2N3O4S. The van der Waals surface area contributed by atoms with Gasteiger partial charge in [-0.05, 0) is 67.3 Å². The molecule has 0 aliphatic heterocycles. The van der Waals surface area contributed by atoms with Gasteiger partial charge in [0.05, 0.1) is 10.6 Å². The highest BCUT2D eigenvalue weighted by atomic mass is 35.5. The van der Waals surface area contributed by atoms with Gasteiger partial charge in [0.1, 0.15) is 12.6 Å². The van der Waals surface area contributed by atoms with Crippen LogP contribution in [-0.4, -0.2) is 44.3 Å². The van der Waals surface area contributed by atoms with E-state index in [1.54, 1.807) is 61.5 Å². The molecule has 0 saturated carbocycles. The van der Waals surface area contributed by atoms with E-state index in [1.165, 1.54) is 17.0 Å². The van der Waals surface area contributed by atoms with E-state index in [0.29, 0.717) is 27.7 Å². The summed E-state index contributed by atoms with van der Waals surface area (Å²) >= 11 is 13.0. The van der Waals surface area contributed by atoms with Gasteiger partial charge in [0.25, 0.3) is 10.0 Å². The van der Waals surface area contributed by atoms with Crippen LogP contribution in [0.4, 0.5) is 5.69 Å². The maximum absolute atomic E-state index is 14.6. The van der Waals surface area contributed by atoms with Crippen LogP contribution in [0.1, 0.15) is 42.0 Å². The molecule has 1 unspecified atom stereocenters. The van der Waals surface area contributed by atoms with Crippen LogP contribution < -0.4 is 9.62 Å². The average molecular weight is 681 g/mol. The van der Waals surface area contributed by atoms with E-state index in [1.807, 2.05) is 44.2 Å². The molecule has 1 N–H and O–H groups in total. The second-order valence-corrected chi connectivity index (χ2v) is 13.8. The molecule has 0 fully saturated rings. The van der Waals surface area contributed by atoms with Crippen LogP contribution in [0.2, 0.25) is 10.0 Å². The zero-order valence-electron chi connectivity index (χ0n) is 26.2. The van der Waals surface area contributed by atoms with Gasteiger partial charge in [0.2, 0.25) is 11.8 Å². The minimum absolute atomic E-state index is 0.00977. The van der Waals surface area contributed by atoms with Crippen molar-refractivity contribution in [3.05, 3.63) is 129 Å². The lowest BCUT2D eigenvalue weighted by Crippen LogP contribution is -2.53. The first kappa shape index (κ1) is 35.0. The Balaban J connectivity index is 1.83. The number of anilines is 1. The summed E-state index contributed by atoms with van der Waals surface area (Å²) in [4.78, 5) is 29.9. The van der Waals surface area contributed by atoms with Gasteiger partial charge in [-0.3, -0.25) is 13.9 Å². The molecule has 242 valence electrons. The maximum Gasteiger partial charge on any atom is 0.264 e. The summed E-state index contributed by atoms with van der Waals surface area (Å²) in [5, 5.41) is 3.78. The van der Waals surface area contributed by atoms with E-state index in [4.69, 9.17) is 23.2 Å². The first-order valence-electron chi connectivity index (χ1n) is 15.2. The smallest absolute Gasteiger partial charge is 0.264 e. The topological polar surface area (TPSA) is 86.8 Å². The molecule has 4 aromatic carbocycles. The molecule has 4 rings (SSSR count). The quantitative estimate of drug-likeness (QED) is 0.141. The molecule has 0 saturated heterocycles. The standard InChI is InChI=1S/C36H39Cl2N3O4S/c1-4-5-22-39-36(43)34(23-28-12-7-6-8-13-28)40(24-29-14-9-10-15-32(29)38)35(42)25-41(33-17-11-16-31(37)27(33)3)46(44,45)30-20-18-26(2)19-21-30/h6-21,34H,4-5,22-25H2,1-3H3,(H,39,43).